The van der Waals surface area contributed by atoms with Gasteiger partial charge >= 0.3 is 0 Å². The number of hydrogen-bond acceptors (Lipinski definition) is 0. The van der Waals surface area contributed by atoms with Gasteiger partial charge in [0.25, 0.3) is 0 Å². The Bertz CT molecular complexity index is 1250. The molecule has 1 aliphatic rings. The van der Waals surface area contributed by atoms with Crippen LogP contribution in [0.1, 0.15) is 37.8 Å². The Morgan fingerprint density at radius 1 is 0.567 bits per heavy atom. The minimum Gasteiger partial charge on any atom is -0.0820 e. The summed E-state index contributed by atoms with van der Waals surface area (Å²) in [5.74, 6) is 0. The van der Waals surface area contributed by atoms with Crippen LogP contribution in [0.2, 0.25) is 20.1 Å². The van der Waals surface area contributed by atoms with Crippen molar-refractivity contribution in [2.24, 2.45) is 0 Å². The molecule has 4 aromatic rings. The highest BCUT2D eigenvalue weighted by atomic mass is 35.5. The fourth-order valence-corrected chi connectivity index (χ4v) is 6.18. The van der Waals surface area contributed by atoms with Gasteiger partial charge in [0.05, 0.1) is 20.1 Å². The molecule has 152 valence electrons. The Hall–Kier alpha value is -1.44. The van der Waals surface area contributed by atoms with Crippen molar-refractivity contribution >= 4 is 67.9 Å². The van der Waals surface area contributed by atoms with Crippen molar-refractivity contribution in [1.29, 1.82) is 0 Å². The zero-order valence-electron chi connectivity index (χ0n) is 16.8. The van der Waals surface area contributed by atoms with Gasteiger partial charge < -0.3 is 0 Å². The van der Waals surface area contributed by atoms with Crippen molar-refractivity contribution in [3.05, 3.63) is 67.6 Å². The van der Waals surface area contributed by atoms with Gasteiger partial charge in [0.1, 0.15) is 0 Å². The largest absolute Gasteiger partial charge is 0.0820 e. The molecule has 30 heavy (non-hydrogen) atoms. The van der Waals surface area contributed by atoms with E-state index in [9.17, 15) is 0 Å². The molecule has 0 saturated heterocycles. The van der Waals surface area contributed by atoms with Gasteiger partial charge in [-0.15, -0.1) is 0 Å². The lowest BCUT2D eigenvalue weighted by molar-refractivity contribution is 0.920. The first-order valence-corrected chi connectivity index (χ1v) is 11.9. The predicted octanol–water partition coefficient (Wildman–Crippen LogP) is 10.2. The maximum Gasteiger partial charge on any atom is 0.0800 e. The second kappa shape index (κ2) is 7.61. The molecule has 0 fully saturated rings. The molecule has 0 nitrogen and oxygen atoms in total. The van der Waals surface area contributed by atoms with E-state index in [2.05, 4.69) is 50.2 Å². The molecule has 4 heteroatoms. The van der Waals surface area contributed by atoms with E-state index in [1.54, 1.807) is 0 Å². The van der Waals surface area contributed by atoms with Crippen LogP contribution in [0.15, 0.2) is 36.4 Å². The molecule has 0 aliphatic heterocycles. The van der Waals surface area contributed by atoms with Crippen LogP contribution in [0.4, 0.5) is 0 Å². The third kappa shape index (κ3) is 2.67. The van der Waals surface area contributed by atoms with E-state index in [1.807, 2.05) is 0 Å². The first kappa shape index (κ1) is 20.5. The fraction of sp³-hybridized carbons (Fsp3) is 0.231. The molecule has 4 aromatic carbocycles. The summed E-state index contributed by atoms with van der Waals surface area (Å²) in [5.41, 5.74) is 7.57. The summed E-state index contributed by atoms with van der Waals surface area (Å²) in [6.07, 6.45) is 3.78. The molecule has 0 N–H and O–H groups in total. The second-order valence-corrected chi connectivity index (χ2v) is 9.43. The SMILES string of the molecule is CCCc1c2c(c(CCC)c3c(Cl)c(Cl)c(Cl)c(Cl)c13)-c1cccc3cccc-2c13. The molecule has 0 radical (unpaired) electrons. The maximum atomic E-state index is 6.86. The molecular weight excluding hydrogens is 454 g/mol. The van der Waals surface area contributed by atoms with Crippen LogP contribution in [0.3, 0.4) is 0 Å². The molecule has 0 spiro atoms. The maximum absolute atomic E-state index is 6.86. The summed E-state index contributed by atoms with van der Waals surface area (Å²) in [7, 11) is 0. The summed E-state index contributed by atoms with van der Waals surface area (Å²) in [6, 6.07) is 13.1. The van der Waals surface area contributed by atoms with Crippen LogP contribution in [0.5, 0.6) is 0 Å². The lowest BCUT2D eigenvalue weighted by Gasteiger charge is -2.22. The minimum absolute atomic E-state index is 0.337. The molecule has 0 heterocycles. The zero-order valence-corrected chi connectivity index (χ0v) is 19.8. The quantitative estimate of drug-likeness (QED) is 0.180. The number of hydrogen-bond donors (Lipinski definition) is 0. The molecule has 0 unspecified atom stereocenters. The van der Waals surface area contributed by atoms with E-state index in [1.165, 1.54) is 44.2 Å². The minimum atomic E-state index is 0.337. The van der Waals surface area contributed by atoms with Crippen LogP contribution in [0, 0.1) is 0 Å². The lowest BCUT2D eigenvalue weighted by Crippen LogP contribution is -2.01. The molecule has 0 atom stereocenters. The Balaban J connectivity index is 2.11. The lowest BCUT2D eigenvalue weighted by atomic mass is 9.84. The van der Waals surface area contributed by atoms with Crippen molar-refractivity contribution in [1.82, 2.24) is 0 Å². The zero-order chi connectivity index (χ0) is 21.2. The summed E-state index contributed by atoms with van der Waals surface area (Å²) >= 11 is 26.8. The van der Waals surface area contributed by atoms with Gasteiger partial charge in [0.15, 0.2) is 0 Å². The highest BCUT2D eigenvalue weighted by molar-refractivity contribution is 6.56. The fourth-order valence-electron chi connectivity index (χ4n) is 5.10. The van der Waals surface area contributed by atoms with Gasteiger partial charge in [0.2, 0.25) is 0 Å². The van der Waals surface area contributed by atoms with E-state index < -0.39 is 0 Å². The Labute approximate surface area is 196 Å². The number of rotatable bonds is 4. The summed E-state index contributed by atoms with van der Waals surface area (Å²) in [4.78, 5) is 0. The number of fused-ring (bicyclic) bond motifs is 4. The second-order valence-electron chi connectivity index (χ2n) is 7.92. The molecule has 5 rings (SSSR count). The topological polar surface area (TPSA) is 0 Å². The molecule has 0 saturated carbocycles. The first-order valence-electron chi connectivity index (χ1n) is 10.4. The predicted molar refractivity (Wildman–Crippen MR) is 134 cm³/mol. The van der Waals surface area contributed by atoms with Gasteiger partial charge in [-0.1, -0.05) is 109 Å². The van der Waals surface area contributed by atoms with Crippen LogP contribution in [0.25, 0.3) is 43.8 Å². The Kier molecular flexibility index (Phi) is 5.19. The molecule has 0 bridgehead atoms. The van der Waals surface area contributed by atoms with Gasteiger partial charge in [0, 0.05) is 10.8 Å². The molecule has 0 amide bonds. The highest BCUT2D eigenvalue weighted by Crippen LogP contribution is 2.56. The molecule has 0 aromatic heterocycles. The van der Waals surface area contributed by atoms with Crippen LogP contribution < -0.4 is 0 Å². The van der Waals surface area contributed by atoms with Crippen LogP contribution in [-0.4, -0.2) is 0 Å². The van der Waals surface area contributed by atoms with E-state index in [0.29, 0.717) is 20.1 Å². The van der Waals surface area contributed by atoms with Gasteiger partial charge in [-0.25, -0.2) is 0 Å². The number of benzene rings is 4. The van der Waals surface area contributed by atoms with Crippen LogP contribution >= 0.6 is 46.4 Å². The van der Waals surface area contributed by atoms with Crippen molar-refractivity contribution in [2.75, 3.05) is 0 Å². The third-order valence-electron chi connectivity index (χ3n) is 6.17. The first-order chi connectivity index (χ1) is 14.5. The van der Waals surface area contributed by atoms with E-state index in [-0.39, 0.29) is 0 Å². The summed E-state index contributed by atoms with van der Waals surface area (Å²) < 4.78 is 0. The smallest absolute Gasteiger partial charge is 0.0800 e. The normalized spacial score (nSPS) is 12.2. The van der Waals surface area contributed by atoms with Gasteiger partial charge in [-0.2, -0.15) is 0 Å². The average molecular weight is 474 g/mol. The highest BCUT2D eigenvalue weighted by Gasteiger charge is 2.31. The monoisotopic (exact) mass is 472 g/mol. The van der Waals surface area contributed by atoms with Crippen molar-refractivity contribution < 1.29 is 0 Å². The van der Waals surface area contributed by atoms with Crippen molar-refractivity contribution in [3.63, 3.8) is 0 Å². The molecule has 1 aliphatic carbocycles. The standard InChI is InChI=1S/C26H20Cl4/c1-3-7-14-19-16-11-5-9-13-10-6-12-17(18(13)16)20(19)15(8-4-2)22-21(14)23(27)25(29)26(30)24(22)28/h5-6,9-12H,3-4,7-8H2,1-2H3. The van der Waals surface area contributed by atoms with E-state index in [4.69, 9.17) is 46.4 Å². The van der Waals surface area contributed by atoms with Gasteiger partial charge in [-0.3, -0.25) is 0 Å². The van der Waals surface area contributed by atoms with Gasteiger partial charge in [-0.05, 0) is 57.0 Å². The van der Waals surface area contributed by atoms with Crippen molar-refractivity contribution in [2.45, 2.75) is 39.5 Å². The third-order valence-corrected chi connectivity index (χ3v) is 7.97. The number of aryl methyl sites for hydroxylation is 2. The summed E-state index contributed by atoms with van der Waals surface area (Å²) in [6.45, 7) is 4.38. The summed E-state index contributed by atoms with van der Waals surface area (Å²) in [5, 5.41) is 6.18. The van der Waals surface area contributed by atoms with E-state index in [0.717, 1.165) is 36.5 Å². The van der Waals surface area contributed by atoms with E-state index >= 15 is 0 Å². The number of halogens is 4. The van der Waals surface area contributed by atoms with Crippen molar-refractivity contribution in [3.8, 4) is 22.3 Å². The Morgan fingerprint density at radius 2 is 1.00 bits per heavy atom. The molecular formula is C26H20Cl4. The average Bonchev–Trinajstić information content (AvgIpc) is 3.09. The van der Waals surface area contributed by atoms with Crippen LogP contribution in [-0.2, 0) is 12.8 Å². The Morgan fingerprint density at radius 3 is 1.40 bits per heavy atom.